The molecule has 8 nitrogen and oxygen atoms in total. The van der Waals surface area contributed by atoms with E-state index in [2.05, 4.69) is 5.10 Å². The van der Waals surface area contributed by atoms with Crippen LogP contribution in [0.15, 0.2) is 18.5 Å². The van der Waals surface area contributed by atoms with Crippen molar-refractivity contribution in [3.8, 4) is 0 Å². The number of aromatic nitrogens is 2. The van der Waals surface area contributed by atoms with Crippen molar-refractivity contribution in [2.24, 2.45) is 0 Å². The average molecular weight is 308 g/mol. The van der Waals surface area contributed by atoms with E-state index in [1.807, 2.05) is 13.1 Å². The number of nitrogens with zero attached hydrogens (tertiary/aromatic N) is 4. The van der Waals surface area contributed by atoms with E-state index < -0.39 is 17.6 Å². The molecule has 1 aliphatic heterocycles. The lowest BCUT2D eigenvalue weighted by Gasteiger charge is -2.22. The normalized spacial score (nSPS) is 16.8. The minimum atomic E-state index is -1.20. The molecule has 0 aromatic carbocycles. The molecule has 0 N–H and O–H groups in total. The maximum atomic E-state index is 12.3. The molecule has 0 radical (unpaired) electrons. The van der Waals surface area contributed by atoms with Gasteiger partial charge in [0.1, 0.15) is 6.54 Å². The number of amides is 3. The highest BCUT2D eigenvalue weighted by Crippen LogP contribution is 2.23. The number of carbonyl (C=O) groups is 3. The highest BCUT2D eigenvalue weighted by Gasteiger charge is 2.47. The third-order valence-electron chi connectivity index (χ3n) is 3.51. The standard InChI is InChI=1S/C14H20N4O4/c1-4-16(8-9-17-7-5-6-15-17)11(19)10-18-12(20)14(2,3)22-13(18)21/h5-7H,4,8-10H2,1-3H3. The first-order valence-electron chi connectivity index (χ1n) is 7.15. The van der Waals surface area contributed by atoms with E-state index in [9.17, 15) is 14.4 Å². The van der Waals surface area contributed by atoms with Crippen molar-refractivity contribution < 1.29 is 19.1 Å². The summed E-state index contributed by atoms with van der Waals surface area (Å²) in [5, 5.41) is 4.07. The van der Waals surface area contributed by atoms with E-state index >= 15 is 0 Å². The van der Waals surface area contributed by atoms with Crippen LogP contribution in [0.3, 0.4) is 0 Å². The van der Waals surface area contributed by atoms with Crippen molar-refractivity contribution in [1.82, 2.24) is 19.6 Å². The first-order valence-corrected chi connectivity index (χ1v) is 7.15. The number of ether oxygens (including phenoxy) is 1. The van der Waals surface area contributed by atoms with Gasteiger partial charge in [-0.15, -0.1) is 0 Å². The zero-order chi connectivity index (χ0) is 16.3. The summed E-state index contributed by atoms with van der Waals surface area (Å²) in [6, 6.07) is 1.80. The summed E-state index contributed by atoms with van der Waals surface area (Å²) >= 11 is 0. The molecule has 1 saturated heterocycles. The quantitative estimate of drug-likeness (QED) is 0.763. The van der Waals surface area contributed by atoms with E-state index in [4.69, 9.17) is 4.74 Å². The third-order valence-corrected chi connectivity index (χ3v) is 3.51. The van der Waals surface area contributed by atoms with Crippen LogP contribution < -0.4 is 0 Å². The maximum Gasteiger partial charge on any atom is 0.418 e. The van der Waals surface area contributed by atoms with Crippen LogP contribution in [-0.4, -0.2) is 62.7 Å². The fourth-order valence-electron chi connectivity index (χ4n) is 2.21. The summed E-state index contributed by atoms with van der Waals surface area (Å²) in [7, 11) is 0. The van der Waals surface area contributed by atoms with Crippen LogP contribution in [0.2, 0.25) is 0 Å². The first-order chi connectivity index (χ1) is 10.3. The SMILES string of the molecule is CCN(CCn1cccn1)C(=O)CN1C(=O)OC(C)(C)C1=O. The van der Waals surface area contributed by atoms with Crippen LogP contribution in [0.25, 0.3) is 0 Å². The average Bonchev–Trinajstić information content (AvgIpc) is 3.02. The van der Waals surface area contributed by atoms with Gasteiger partial charge in [0.2, 0.25) is 5.91 Å². The van der Waals surface area contributed by atoms with E-state index in [1.54, 1.807) is 21.8 Å². The van der Waals surface area contributed by atoms with Gasteiger partial charge in [-0.3, -0.25) is 14.3 Å². The van der Waals surface area contributed by atoms with Gasteiger partial charge in [0, 0.05) is 25.5 Å². The van der Waals surface area contributed by atoms with E-state index in [0.717, 1.165) is 4.90 Å². The Morgan fingerprint density at radius 1 is 1.41 bits per heavy atom. The molecule has 0 aliphatic carbocycles. The molecule has 22 heavy (non-hydrogen) atoms. The Morgan fingerprint density at radius 3 is 2.64 bits per heavy atom. The number of hydrogen-bond donors (Lipinski definition) is 0. The van der Waals surface area contributed by atoms with Crippen LogP contribution in [0.5, 0.6) is 0 Å². The van der Waals surface area contributed by atoms with Crippen molar-refractivity contribution >= 4 is 17.9 Å². The summed E-state index contributed by atoms with van der Waals surface area (Å²) < 4.78 is 6.68. The smallest absolute Gasteiger partial charge is 0.418 e. The van der Waals surface area contributed by atoms with Gasteiger partial charge in [-0.05, 0) is 26.8 Å². The second-order valence-electron chi connectivity index (χ2n) is 5.51. The topological polar surface area (TPSA) is 84.7 Å². The lowest BCUT2D eigenvalue weighted by atomic mass is 10.1. The summed E-state index contributed by atoms with van der Waals surface area (Å²) in [5.41, 5.74) is -1.20. The molecule has 0 bridgehead atoms. The Hall–Kier alpha value is -2.38. The maximum absolute atomic E-state index is 12.3. The zero-order valence-corrected chi connectivity index (χ0v) is 13.0. The van der Waals surface area contributed by atoms with Gasteiger partial charge in [-0.1, -0.05) is 0 Å². The Bertz CT molecular complexity index is 567. The number of likely N-dealkylation sites (N-methyl/N-ethyl adjacent to an activating group) is 1. The summed E-state index contributed by atoms with van der Waals surface area (Å²) in [6.07, 6.45) is 2.70. The molecule has 8 heteroatoms. The molecule has 0 spiro atoms. The molecule has 0 saturated carbocycles. The zero-order valence-electron chi connectivity index (χ0n) is 13.0. The fraction of sp³-hybridized carbons (Fsp3) is 0.571. The van der Waals surface area contributed by atoms with Gasteiger partial charge in [-0.25, -0.2) is 9.69 Å². The van der Waals surface area contributed by atoms with Gasteiger partial charge < -0.3 is 9.64 Å². The minimum Gasteiger partial charge on any atom is -0.433 e. The van der Waals surface area contributed by atoms with Crippen LogP contribution in [-0.2, 0) is 20.9 Å². The molecule has 1 aromatic rings. The lowest BCUT2D eigenvalue weighted by molar-refractivity contribution is -0.140. The van der Waals surface area contributed by atoms with Gasteiger partial charge in [-0.2, -0.15) is 5.10 Å². The molecular weight excluding hydrogens is 288 g/mol. The van der Waals surface area contributed by atoms with E-state index in [0.29, 0.717) is 19.6 Å². The Morgan fingerprint density at radius 2 is 2.14 bits per heavy atom. The number of carbonyl (C=O) groups excluding carboxylic acids is 3. The molecule has 0 unspecified atom stereocenters. The Kier molecular flexibility index (Phi) is 4.48. The molecule has 2 rings (SSSR count). The molecule has 0 atom stereocenters. The van der Waals surface area contributed by atoms with Crippen LogP contribution in [0, 0.1) is 0 Å². The summed E-state index contributed by atoms with van der Waals surface area (Å²) in [6.45, 7) is 6.05. The third kappa shape index (κ3) is 3.26. The minimum absolute atomic E-state index is 0.294. The van der Waals surface area contributed by atoms with Gasteiger partial charge in [0.05, 0.1) is 6.54 Å². The highest BCUT2D eigenvalue weighted by atomic mass is 16.6. The number of hydrogen-bond acceptors (Lipinski definition) is 5. The predicted molar refractivity (Wildman–Crippen MR) is 76.8 cm³/mol. The molecule has 1 aromatic heterocycles. The number of imide groups is 1. The van der Waals surface area contributed by atoms with Crippen molar-refractivity contribution in [3.63, 3.8) is 0 Å². The van der Waals surface area contributed by atoms with E-state index in [1.165, 1.54) is 13.8 Å². The van der Waals surface area contributed by atoms with Gasteiger partial charge in [0.15, 0.2) is 5.60 Å². The molecular formula is C14H20N4O4. The lowest BCUT2D eigenvalue weighted by Crippen LogP contribution is -2.45. The predicted octanol–water partition coefficient (Wildman–Crippen LogP) is 0.489. The summed E-state index contributed by atoms with van der Waals surface area (Å²) in [5.74, 6) is -0.786. The van der Waals surface area contributed by atoms with Crippen molar-refractivity contribution in [1.29, 1.82) is 0 Å². The Balaban J connectivity index is 1.94. The van der Waals surface area contributed by atoms with Crippen LogP contribution in [0.1, 0.15) is 20.8 Å². The molecule has 3 amide bonds. The molecule has 2 heterocycles. The number of cyclic esters (lactones) is 1. The second kappa shape index (κ2) is 6.17. The Labute approximate surface area is 128 Å². The van der Waals surface area contributed by atoms with Crippen LogP contribution in [0.4, 0.5) is 4.79 Å². The largest absolute Gasteiger partial charge is 0.433 e. The van der Waals surface area contributed by atoms with E-state index in [-0.39, 0.29) is 12.5 Å². The van der Waals surface area contributed by atoms with Crippen molar-refractivity contribution in [3.05, 3.63) is 18.5 Å². The molecule has 1 aliphatic rings. The number of rotatable bonds is 6. The van der Waals surface area contributed by atoms with Gasteiger partial charge >= 0.3 is 6.09 Å². The van der Waals surface area contributed by atoms with Gasteiger partial charge in [0.25, 0.3) is 5.91 Å². The van der Waals surface area contributed by atoms with Crippen LogP contribution >= 0.6 is 0 Å². The first kappa shape index (κ1) is 16.0. The highest BCUT2D eigenvalue weighted by molar-refractivity contribution is 6.04. The monoisotopic (exact) mass is 308 g/mol. The summed E-state index contributed by atoms with van der Waals surface area (Å²) in [4.78, 5) is 38.4. The second-order valence-corrected chi connectivity index (χ2v) is 5.51. The van der Waals surface area contributed by atoms with Crippen molar-refractivity contribution in [2.75, 3.05) is 19.6 Å². The van der Waals surface area contributed by atoms with Crippen molar-refractivity contribution in [2.45, 2.75) is 32.9 Å². The molecule has 1 fully saturated rings. The fourth-order valence-corrected chi connectivity index (χ4v) is 2.21. The molecule has 120 valence electrons.